The maximum atomic E-state index is 13.1. The molecule has 4 aliphatic heterocycles. The first-order valence-corrected chi connectivity index (χ1v) is 10.5. The van der Waals surface area contributed by atoms with E-state index in [1.54, 1.807) is 0 Å². The number of amides is 1. The summed E-state index contributed by atoms with van der Waals surface area (Å²) >= 11 is 0. The van der Waals surface area contributed by atoms with Crippen molar-refractivity contribution in [1.29, 1.82) is 0 Å². The lowest BCUT2D eigenvalue weighted by molar-refractivity contribution is -0.157. The van der Waals surface area contributed by atoms with Crippen molar-refractivity contribution < 1.29 is 14.3 Å². The maximum absolute atomic E-state index is 13.1. The number of H-pyrrole nitrogens is 1. The second-order valence-electron chi connectivity index (χ2n) is 8.65. The van der Waals surface area contributed by atoms with E-state index in [0.29, 0.717) is 6.04 Å². The summed E-state index contributed by atoms with van der Waals surface area (Å²) in [4.78, 5) is 36.1. The first-order chi connectivity index (χ1) is 13.7. The lowest BCUT2D eigenvalue weighted by Crippen LogP contribution is -2.62. The fourth-order valence-corrected chi connectivity index (χ4v) is 5.75. The van der Waals surface area contributed by atoms with Gasteiger partial charge in [-0.3, -0.25) is 14.5 Å². The minimum Gasteiger partial charge on any atom is -0.381 e. The number of rotatable bonds is 2. The predicted molar refractivity (Wildman–Crippen MR) is 101 cm³/mol. The van der Waals surface area contributed by atoms with Gasteiger partial charge in [0.15, 0.2) is 0 Å². The number of carbonyl (C=O) groups is 1. The van der Waals surface area contributed by atoms with Crippen LogP contribution in [-0.4, -0.2) is 82.3 Å². The van der Waals surface area contributed by atoms with Crippen LogP contribution in [0.4, 0.5) is 0 Å². The second kappa shape index (κ2) is 7.24. The summed E-state index contributed by atoms with van der Waals surface area (Å²) in [6.45, 7) is 4.38. The molecule has 1 unspecified atom stereocenters. The van der Waals surface area contributed by atoms with Gasteiger partial charge in [0.05, 0.1) is 18.5 Å². The van der Waals surface area contributed by atoms with Crippen molar-refractivity contribution in [3.63, 3.8) is 0 Å². The Morgan fingerprint density at radius 3 is 2.57 bits per heavy atom. The molecule has 1 amide bonds. The largest absolute Gasteiger partial charge is 0.381 e. The van der Waals surface area contributed by atoms with E-state index in [-0.39, 0.29) is 34.7 Å². The molecule has 0 radical (unpaired) electrons. The molecule has 1 spiro atoms. The highest BCUT2D eigenvalue weighted by molar-refractivity contribution is 5.94. The normalized spacial score (nSPS) is 34.1. The number of morpholine rings is 1. The average Bonchev–Trinajstić information content (AvgIpc) is 3.01. The molecule has 2 bridgehead atoms. The Morgan fingerprint density at radius 1 is 1.11 bits per heavy atom. The standard InChI is InChI=1S/C20H28N4O4/c25-18-17(11-21-13-22-18)19(26)24-15-1-2-16(24)10-20(9-15)12-23(5-8-28-20)14-3-6-27-7-4-14/h11,13-16H,1-10,12H2,(H,21,22,25)/t15-,16+,20?. The third kappa shape index (κ3) is 3.17. The van der Waals surface area contributed by atoms with Crippen molar-refractivity contribution in [2.24, 2.45) is 0 Å². The van der Waals surface area contributed by atoms with E-state index in [2.05, 4.69) is 14.9 Å². The van der Waals surface area contributed by atoms with Crippen molar-refractivity contribution >= 4 is 5.91 Å². The topological polar surface area (TPSA) is 87.8 Å². The first kappa shape index (κ1) is 18.3. The molecule has 1 aromatic rings. The fraction of sp³-hybridized carbons (Fsp3) is 0.750. The summed E-state index contributed by atoms with van der Waals surface area (Å²) in [6.07, 6.45) is 8.57. The maximum Gasteiger partial charge on any atom is 0.263 e. The van der Waals surface area contributed by atoms with Gasteiger partial charge in [-0.15, -0.1) is 0 Å². The van der Waals surface area contributed by atoms with Crippen LogP contribution in [0.3, 0.4) is 0 Å². The molecule has 1 N–H and O–H groups in total. The average molecular weight is 388 g/mol. The molecular formula is C20H28N4O4. The van der Waals surface area contributed by atoms with Gasteiger partial charge in [-0.05, 0) is 38.5 Å². The zero-order valence-electron chi connectivity index (χ0n) is 16.1. The van der Waals surface area contributed by atoms with Crippen LogP contribution in [0.5, 0.6) is 0 Å². The van der Waals surface area contributed by atoms with Gasteiger partial charge in [0, 0.05) is 50.6 Å². The third-order valence-electron chi connectivity index (χ3n) is 7.00. The van der Waals surface area contributed by atoms with Crippen molar-refractivity contribution in [2.45, 2.75) is 62.3 Å². The lowest BCUT2D eigenvalue weighted by Gasteiger charge is -2.52. The van der Waals surface area contributed by atoms with E-state index in [0.717, 1.165) is 71.4 Å². The molecule has 0 aromatic carbocycles. The van der Waals surface area contributed by atoms with Crippen LogP contribution in [0, 0.1) is 0 Å². The summed E-state index contributed by atoms with van der Waals surface area (Å²) in [6, 6.07) is 0.863. The van der Waals surface area contributed by atoms with E-state index in [4.69, 9.17) is 9.47 Å². The van der Waals surface area contributed by atoms with Gasteiger partial charge < -0.3 is 19.4 Å². The zero-order valence-corrected chi connectivity index (χ0v) is 16.1. The van der Waals surface area contributed by atoms with Gasteiger partial charge in [-0.2, -0.15) is 0 Å². The smallest absolute Gasteiger partial charge is 0.263 e. The third-order valence-corrected chi connectivity index (χ3v) is 7.00. The monoisotopic (exact) mass is 388 g/mol. The molecule has 8 nitrogen and oxygen atoms in total. The van der Waals surface area contributed by atoms with Crippen LogP contribution in [0.25, 0.3) is 0 Å². The van der Waals surface area contributed by atoms with Crippen LogP contribution < -0.4 is 5.56 Å². The Morgan fingerprint density at radius 2 is 1.86 bits per heavy atom. The Balaban J connectivity index is 1.33. The van der Waals surface area contributed by atoms with E-state index >= 15 is 0 Å². The van der Waals surface area contributed by atoms with Crippen molar-refractivity contribution in [1.82, 2.24) is 19.8 Å². The minimum absolute atomic E-state index is 0.139. The number of aromatic nitrogens is 2. The van der Waals surface area contributed by atoms with Gasteiger partial charge in [-0.25, -0.2) is 4.98 Å². The molecule has 8 heteroatoms. The number of nitrogens with one attached hydrogen (secondary N) is 1. The van der Waals surface area contributed by atoms with Gasteiger partial charge >= 0.3 is 0 Å². The highest BCUT2D eigenvalue weighted by atomic mass is 16.5. The van der Waals surface area contributed by atoms with Crippen LogP contribution >= 0.6 is 0 Å². The molecule has 4 aliphatic rings. The zero-order chi connectivity index (χ0) is 19.1. The van der Waals surface area contributed by atoms with Crippen LogP contribution in [0.2, 0.25) is 0 Å². The highest BCUT2D eigenvalue weighted by Gasteiger charge is 2.53. The first-order valence-electron chi connectivity index (χ1n) is 10.5. The van der Waals surface area contributed by atoms with Gasteiger partial charge in [0.25, 0.3) is 11.5 Å². The number of fused-ring (bicyclic) bond motifs is 2. The summed E-state index contributed by atoms with van der Waals surface area (Å²) in [5.74, 6) is -0.186. The quantitative estimate of drug-likeness (QED) is 0.806. The predicted octanol–water partition coefficient (Wildman–Crippen LogP) is 0.787. The number of ether oxygens (including phenoxy) is 2. The molecular weight excluding hydrogens is 360 g/mol. The lowest BCUT2D eigenvalue weighted by atomic mass is 9.83. The summed E-state index contributed by atoms with van der Waals surface area (Å²) in [7, 11) is 0. The highest BCUT2D eigenvalue weighted by Crippen LogP contribution is 2.44. The minimum atomic E-state index is -0.362. The molecule has 0 saturated carbocycles. The number of hydrogen-bond acceptors (Lipinski definition) is 6. The van der Waals surface area contributed by atoms with E-state index < -0.39 is 0 Å². The number of carbonyl (C=O) groups excluding carboxylic acids is 1. The number of piperidine rings is 1. The molecule has 5 rings (SSSR count). The molecule has 1 aromatic heterocycles. The Hall–Kier alpha value is -1.77. The summed E-state index contributed by atoms with van der Waals surface area (Å²) in [5, 5.41) is 0. The SMILES string of the molecule is O=C(c1cnc[nH]c1=O)N1[C@@H]2CC[C@H]1CC1(C2)CN(C2CCOCC2)CCO1. The Kier molecular flexibility index (Phi) is 4.72. The van der Waals surface area contributed by atoms with E-state index in [9.17, 15) is 9.59 Å². The molecule has 28 heavy (non-hydrogen) atoms. The van der Waals surface area contributed by atoms with E-state index in [1.807, 2.05) is 4.90 Å². The second-order valence-corrected chi connectivity index (χ2v) is 8.65. The van der Waals surface area contributed by atoms with Crippen LogP contribution in [0.15, 0.2) is 17.3 Å². The van der Waals surface area contributed by atoms with Crippen LogP contribution in [0.1, 0.15) is 48.9 Å². The van der Waals surface area contributed by atoms with Crippen molar-refractivity contribution in [3.8, 4) is 0 Å². The molecule has 4 saturated heterocycles. The van der Waals surface area contributed by atoms with Gasteiger partial charge in [0.1, 0.15) is 5.56 Å². The van der Waals surface area contributed by atoms with Crippen LogP contribution in [-0.2, 0) is 9.47 Å². The molecule has 0 aliphatic carbocycles. The van der Waals surface area contributed by atoms with Crippen molar-refractivity contribution in [3.05, 3.63) is 28.4 Å². The molecule has 152 valence electrons. The summed E-state index contributed by atoms with van der Waals surface area (Å²) in [5.41, 5.74) is -0.386. The van der Waals surface area contributed by atoms with Crippen molar-refractivity contribution in [2.75, 3.05) is 32.9 Å². The Bertz CT molecular complexity index is 776. The Labute approximate surface area is 164 Å². The summed E-state index contributed by atoms with van der Waals surface area (Å²) < 4.78 is 11.9. The van der Waals surface area contributed by atoms with Gasteiger partial charge in [-0.1, -0.05) is 0 Å². The molecule has 5 heterocycles. The fourth-order valence-electron chi connectivity index (χ4n) is 5.75. The number of nitrogens with zero attached hydrogens (tertiary/aromatic N) is 3. The number of aromatic amines is 1. The molecule has 4 fully saturated rings. The number of hydrogen-bond donors (Lipinski definition) is 1. The van der Waals surface area contributed by atoms with Gasteiger partial charge in [0.2, 0.25) is 0 Å². The van der Waals surface area contributed by atoms with E-state index in [1.165, 1.54) is 12.5 Å². The molecule has 3 atom stereocenters.